The Morgan fingerprint density at radius 1 is 0.947 bits per heavy atom. The van der Waals surface area contributed by atoms with Crippen LogP contribution in [0.4, 0.5) is 0 Å². The highest BCUT2D eigenvalue weighted by Crippen LogP contribution is 2.43. The van der Waals surface area contributed by atoms with Gasteiger partial charge in [-0.25, -0.2) is 0 Å². The van der Waals surface area contributed by atoms with Crippen molar-refractivity contribution in [3.05, 3.63) is 65.0 Å². The molecule has 0 unspecified atom stereocenters. The van der Waals surface area contributed by atoms with Gasteiger partial charge in [0.25, 0.3) is 0 Å². The monoisotopic (exact) mass is 245 g/mol. The fourth-order valence-corrected chi connectivity index (χ4v) is 3.43. The molecule has 19 heavy (non-hydrogen) atoms. The maximum Gasteiger partial charge on any atom is 0.0349 e. The normalized spacial score (nSPS) is 12.5. The lowest BCUT2D eigenvalue weighted by Crippen LogP contribution is -1.93. The SMILES string of the molecule is Cc1c2c(c(C)c3cnccc13)-c1ccccc1C2. The van der Waals surface area contributed by atoms with Gasteiger partial charge in [0.2, 0.25) is 0 Å². The van der Waals surface area contributed by atoms with E-state index in [0.717, 1.165) is 6.42 Å². The molecule has 92 valence electrons. The summed E-state index contributed by atoms with van der Waals surface area (Å²) in [5.41, 5.74) is 8.57. The summed E-state index contributed by atoms with van der Waals surface area (Å²) in [6.07, 6.45) is 4.96. The van der Waals surface area contributed by atoms with Crippen LogP contribution in [0.3, 0.4) is 0 Å². The second-order valence-corrected chi connectivity index (χ2v) is 5.36. The number of benzene rings is 2. The van der Waals surface area contributed by atoms with Crippen LogP contribution in [0.15, 0.2) is 42.7 Å². The topological polar surface area (TPSA) is 12.9 Å². The number of pyridine rings is 1. The zero-order valence-electron chi connectivity index (χ0n) is 11.2. The lowest BCUT2D eigenvalue weighted by molar-refractivity contribution is 1.22. The number of rotatable bonds is 0. The molecule has 1 nitrogen and oxygen atoms in total. The fraction of sp³-hybridized carbons (Fsp3) is 0.167. The van der Waals surface area contributed by atoms with Gasteiger partial charge >= 0.3 is 0 Å². The molecular weight excluding hydrogens is 230 g/mol. The van der Waals surface area contributed by atoms with E-state index in [0.29, 0.717) is 0 Å². The Bertz CT molecular complexity index is 815. The first-order valence-corrected chi connectivity index (χ1v) is 6.71. The van der Waals surface area contributed by atoms with Crippen LogP contribution in [0, 0.1) is 13.8 Å². The maximum atomic E-state index is 4.30. The largest absolute Gasteiger partial charge is 0.264 e. The van der Waals surface area contributed by atoms with Gasteiger partial charge in [0, 0.05) is 17.8 Å². The van der Waals surface area contributed by atoms with Crippen molar-refractivity contribution in [2.24, 2.45) is 0 Å². The predicted molar refractivity (Wildman–Crippen MR) is 79.5 cm³/mol. The minimum atomic E-state index is 1.07. The Labute approximate surface area is 112 Å². The number of hydrogen-bond donors (Lipinski definition) is 0. The Morgan fingerprint density at radius 2 is 1.79 bits per heavy atom. The van der Waals surface area contributed by atoms with Crippen molar-refractivity contribution in [1.82, 2.24) is 4.98 Å². The molecule has 1 aliphatic carbocycles. The average Bonchev–Trinajstić information content (AvgIpc) is 2.84. The van der Waals surface area contributed by atoms with E-state index in [4.69, 9.17) is 0 Å². The average molecular weight is 245 g/mol. The van der Waals surface area contributed by atoms with Crippen LogP contribution in [0.5, 0.6) is 0 Å². The van der Waals surface area contributed by atoms with Crippen molar-refractivity contribution in [3.63, 3.8) is 0 Å². The third-order valence-corrected chi connectivity index (χ3v) is 4.41. The van der Waals surface area contributed by atoms with E-state index in [-0.39, 0.29) is 0 Å². The second kappa shape index (κ2) is 3.67. The molecule has 1 heterocycles. The molecule has 1 aliphatic rings. The third-order valence-electron chi connectivity index (χ3n) is 4.41. The summed E-state index contributed by atoms with van der Waals surface area (Å²) in [6.45, 7) is 4.47. The molecule has 0 spiro atoms. The molecule has 0 aliphatic heterocycles. The van der Waals surface area contributed by atoms with Crippen molar-refractivity contribution < 1.29 is 0 Å². The van der Waals surface area contributed by atoms with E-state index in [1.807, 2.05) is 12.4 Å². The minimum Gasteiger partial charge on any atom is -0.264 e. The molecule has 0 atom stereocenters. The number of nitrogens with zero attached hydrogens (tertiary/aromatic N) is 1. The molecule has 3 aromatic rings. The molecular formula is C18H15N. The Balaban J connectivity index is 2.19. The molecule has 0 amide bonds. The molecule has 0 saturated heterocycles. The van der Waals surface area contributed by atoms with Gasteiger partial charge in [-0.2, -0.15) is 0 Å². The van der Waals surface area contributed by atoms with E-state index in [1.165, 1.54) is 44.2 Å². The molecule has 0 N–H and O–H groups in total. The van der Waals surface area contributed by atoms with Crippen molar-refractivity contribution in [1.29, 1.82) is 0 Å². The van der Waals surface area contributed by atoms with Crippen LogP contribution < -0.4 is 0 Å². The Morgan fingerprint density at radius 3 is 2.68 bits per heavy atom. The first-order chi connectivity index (χ1) is 9.27. The first kappa shape index (κ1) is 10.7. The zero-order chi connectivity index (χ0) is 13.0. The summed E-state index contributed by atoms with van der Waals surface area (Å²) < 4.78 is 0. The highest BCUT2D eigenvalue weighted by atomic mass is 14.6. The number of hydrogen-bond acceptors (Lipinski definition) is 1. The fourth-order valence-electron chi connectivity index (χ4n) is 3.43. The van der Waals surface area contributed by atoms with Gasteiger partial charge in [0.1, 0.15) is 0 Å². The van der Waals surface area contributed by atoms with E-state index >= 15 is 0 Å². The lowest BCUT2D eigenvalue weighted by Gasteiger charge is -2.13. The smallest absolute Gasteiger partial charge is 0.0349 e. The van der Waals surface area contributed by atoms with Gasteiger partial charge in [0.15, 0.2) is 0 Å². The van der Waals surface area contributed by atoms with Gasteiger partial charge in [-0.3, -0.25) is 4.98 Å². The van der Waals surface area contributed by atoms with Gasteiger partial charge in [-0.1, -0.05) is 24.3 Å². The van der Waals surface area contributed by atoms with Gasteiger partial charge in [-0.15, -0.1) is 0 Å². The van der Waals surface area contributed by atoms with Crippen LogP contribution in [0.1, 0.15) is 22.3 Å². The summed E-state index contributed by atoms with van der Waals surface area (Å²) in [5, 5.41) is 2.63. The lowest BCUT2D eigenvalue weighted by atomic mass is 9.91. The molecule has 1 aromatic heterocycles. The molecule has 0 saturated carbocycles. The molecule has 0 radical (unpaired) electrons. The minimum absolute atomic E-state index is 1.07. The molecule has 0 fully saturated rings. The van der Waals surface area contributed by atoms with E-state index < -0.39 is 0 Å². The summed E-state index contributed by atoms with van der Waals surface area (Å²) in [6, 6.07) is 10.9. The van der Waals surface area contributed by atoms with E-state index in [9.17, 15) is 0 Å². The van der Waals surface area contributed by atoms with Crippen molar-refractivity contribution in [2.45, 2.75) is 20.3 Å². The third kappa shape index (κ3) is 1.33. The van der Waals surface area contributed by atoms with Crippen LogP contribution >= 0.6 is 0 Å². The second-order valence-electron chi connectivity index (χ2n) is 5.36. The van der Waals surface area contributed by atoms with Crippen molar-refractivity contribution >= 4 is 10.8 Å². The Hall–Kier alpha value is -2.15. The first-order valence-electron chi connectivity index (χ1n) is 6.71. The standard InChI is InChI=1S/C18H15N/c1-11-14-7-8-19-10-17(14)12(2)18-15-6-4-3-5-13(15)9-16(11)18/h3-8,10H,9H2,1-2H3. The quantitative estimate of drug-likeness (QED) is 0.447. The molecule has 4 rings (SSSR count). The summed E-state index contributed by atoms with van der Waals surface area (Å²) in [7, 11) is 0. The summed E-state index contributed by atoms with van der Waals surface area (Å²) >= 11 is 0. The highest BCUT2D eigenvalue weighted by Gasteiger charge is 2.23. The van der Waals surface area contributed by atoms with Crippen molar-refractivity contribution in [3.8, 4) is 11.1 Å². The number of aromatic nitrogens is 1. The summed E-state index contributed by atoms with van der Waals surface area (Å²) in [5.74, 6) is 0. The maximum absolute atomic E-state index is 4.30. The van der Waals surface area contributed by atoms with Crippen LogP contribution in [0.2, 0.25) is 0 Å². The number of aryl methyl sites for hydroxylation is 2. The van der Waals surface area contributed by atoms with E-state index in [1.54, 1.807) is 0 Å². The van der Waals surface area contributed by atoms with Gasteiger partial charge in [0.05, 0.1) is 0 Å². The van der Waals surface area contributed by atoms with Crippen molar-refractivity contribution in [2.75, 3.05) is 0 Å². The number of fused-ring (bicyclic) bond motifs is 4. The van der Waals surface area contributed by atoms with Crippen LogP contribution in [0.25, 0.3) is 21.9 Å². The highest BCUT2D eigenvalue weighted by molar-refractivity contribution is 5.97. The molecule has 0 bridgehead atoms. The molecule has 1 heteroatoms. The van der Waals surface area contributed by atoms with Gasteiger partial charge in [-0.05, 0) is 65.1 Å². The molecule has 2 aromatic carbocycles. The predicted octanol–water partition coefficient (Wildman–Crippen LogP) is 4.42. The van der Waals surface area contributed by atoms with Crippen LogP contribution in [-0.2, 0) is 6.42 Å². The summed E-state index contributed by atoms with van der Waals surface area (Å²) in [4.78, 5) is 4.30. The van der Waals surface area contributed by atoms with E-state index in [2.05, 4.69) is 49.2 Å². The Kier molecular flexibility index (Phi) is 2.08. The van der Waals surface area contributed by atoms with Crippen LogP contribution in [-0.4, -0.2) is 4.98 Å². The van der Waals surface area contributed by atoms with Gasteiger partial charge < -0.3 is 0 Å². The zero-order valence-corrected chi connectivity index (χ0v) is 11.2.